The van der Waals surface area contributed by atoms with Crippen LogP contribution in [-0.2, 0) is 10.2 Å². The predicted molar refractivity (Wildman–Crippen MR) is 65.2 cm³/mol. The average Bonchev–Trinajstić information content (AvgIpc) is 2.16. The molecule has 0 spiro atoms. The van der Waals surface area contributed by atoms with E-state index in [-0.39, 0.29) is 11.0 Å². The van der Waals surface area contributed by atoms with Crippen molar-refractivity contribution in [2.45, 2.75) is 45.6 Å². The van der Waals surface area contributed by atoms with Crippen molar-refractivity contribution in [3.63, 3.8) is 0 Å². The molecule has 0 atom stereocenters. The van der Waals surface area contributed by atoms with Crippen molar-refractivity contribution < 1.29 is 4.74 Å². The summed E-state index contributed by atoms with van der Waals surface area (Å²) in [6, 6.07) is 10.5. The van der Waals surface area contributed by atoms with Crippen LogP contribution in [0.1, 0.15) is 40.2 Å². The molecule has 0 heterocycles. The number of hydrogen-bond donors (Lipinski definition) is 0. The van der Waals surface area contributed by atoms with Crippen LogP contribution in [0, 0.1) is 0 Å². The zero-order valence-electron chi connectivity index (χ0n) is 10.5. The summed E-state index contributed by atoms with van der Waals surface area (Å²) in [5.41, 5.74) is 1.34. The standard InChI is InChI=1S/C14H22O/c1-13(2,3)15-11-14(4,5)12-9-7-6-8-10-12/h6-10H,11H2,1-5H3. The lowest BCUT2D eigenvalue weighted by molar-refractivity contribution is -0.0249. The molecule has 0 aliphatic carbocycles. The molecule has 15 heavy (non-hydrogen) atoms. The molecule has 1 heteroatoms. The molecule has 1 rings (SSSR count). The van der Waals surface area contributed by atoms with Crippen LogP contribution >= 0.6 is 0 Å². The van der Waals surface area contributed by atoms with Crippen LogP contribution in [-0.4, -0.2) is 12.2 Å². The third kappa shape index (κ3) is 4.05. The molecule has 1 aromatic carbocycles. The molecule has 1 aromatic rings. The van der Waals surface area contributed by atoms with Gasteiger partial charge in [0.25, 0.3) is 0 Å². The van der Waals surface area contributed by atoms with Crippen molar-refractivity contribution in [1.29, 1.82) is 0 Å². The molecule has 0 bridgehead atoms. The van der Waals surface area contributed by atoms with Crippen LogP contribution in [0.3, 0.4) is 0 Å². The van der Waals surface area contributed by atoms with Crippen LogP contribution in [0.25, 0.3) is 0 Å². The Kier molecular flexibility index (Phi) is 3.56. The van der Waals surface area contributed by atoms with Gasteiger partial charge in [0.15, 0.2) is 0 Å². The molecule has 0 saturated heterocycles. The van der Waals surface area contributed by atoms with Crippen molar-refractivity contribution in [2.24, 2.45) is 0 Å². The van der Waals surface area contributed by atoms with Gasteiger partial charge in [-0.25, -0.2) is 0 Å². The number of rotatable bonds is 3. The van der Waals surface area contributed by atoms with Crippen molar-refractivity contribution in [2.75, 3.05) is 6.61 Å². The molecule has 0 saturated carbocycles. The lowest BCUT2D eigenvalue weighted by atomic mass is 9.85. The van der Waals surface area contributed by atoms with Gasteiger partial charge in [0.1, 0.15) is 0 Å². The molecule has 0 aliphatic rings. The van der Waals surface area contributed by atoms with Crippen molar-refractivity contribution in [3.05, 3.63) is 35.9 Å². The van der Waals surface area contributed by atoms with E-state index in [1.165, 1.54) is 5.56 Å². The summed E-state index contributed by atoms with van der Waals surface area (Å²) in [7, 11) is 0. The van der Waals surface area contributed by atoms with Crippen molar-refractivity contribution in [3.8, 4) is 0 Å². The second kappa shape index (κ2) is 4.36. The first-order valence-electron chi connectivity index (χ1n) is 5.51. The fourth-order valence-electron chi connectivity index (χ4n) is 1.37. The molecule has 0 radical (unpaired) electrons. The second-order valence-electron chi connectivity index (χ2n) is 5.65. The molecule has 84 valence electrons. The molecular formula is C14H22O. The smallest absolute Gasteiger partial charge is 0.0598 e. The third-order valence-corrected chi connectivity index (χ3v) is 2.42. The van der Waals surface area contributed by atoms with Crippen LogP contribution in [0.5, 0.6) is 0 Å². The lowest BCUT2D eigenvalue weighted by Crippen LogP contribution is -2.30. The van der Waals surface area contributed by atoms with E-state index in [4.69, 9.17) is 4.74 Å². The summed E-state index contributed by atoms with van der Waals surface area (Å²) in [4.78, 5) is 0. The van der Waals surface area contributed by atoms with E-state index < -0.39 is 0 Å². The van der Waals surface area contributed by atoms with Crippen LogP contribution in [0.2, 0.25) is 0 Å². The molecular weight excluding hydrogens is 184 g/mol. The van der Waals surface area contributed by atoms with Gasteiger partial charge in [-0.15, -0.1) is 0 Å². The summed E-state index contributed by atoms with van der Waals surface area (Å²) in [5, 5.41) is 0. The van der Waals surface area contributed by atoms with Crippen LogP contribution < -0.4 is 0 Å². The van der Waals surface area contributed by atoms with Crippen LogP contribution in [0.15, 0.2) is 30.3 Å². The predicted octanol–water partition coefficient (Wildman–Crippen LogP) is 3.78. The Morgan fingerprint density at radius 1 is 0.933 bits per heavy atom. The maximum absolute atomic E-state index is 5.85. The summed E-state index contributed by atoms with van der Waals surface area (Å²) in [5.74, 6) is 0. The van der Waals surface area contributed by atoms with Gasteiger partial charge in [-0.1, -0.05) is 44.2 Å². The Labute approximate surface area is 93.5 Å². The Bertz CT molecular complexity index is 293. The molecule has 1 nitrogen and oxygen atoms in total. The minimum Gasteiger partial charge on any atom is -0.375 e. The number of benzene rings is 1. The number of hydrogen-bond acceptors (Lipinski definition) is 1. The molecule has 0 unspecified atom stereocenters. The van der Waals surface area contributed by atoms with Gasteiger partial charge in [-0.3, -0.25) is 0 Å². The van der Waals surface area contributed by atoms with Gasteiger partial charge >= 0.3 is 0 Å². The van der Waals surface area contributed by atoms with Gasteiger partial charge in [0, 0.05) is 5.41 Å². The third-order valence-electron chi connectivity index (χ3n) is 2.42. The van der Waals surface area contributed by atoms with E-state index in [0.717, 1.165) is 6.61 Å². The van der Waals surface area contributed by atoms with Gasteiger partial charge in [0.05, 0.1) is 12.2 Å². The molecule has 0 fully saturated rings. The van der Waals surface area contributed by atoms with E-state index in [0.29, 0.717) is 0 Å². The van der Waals surface area contributed by atoms with E-state index in [1.807, 2.05) is 6.07 Å². The lowest BCUT2D eigenvalue weighted by Gasteiger charge is -2.30. The second-order valence-corrected chi connectivity index (χ2v) is 5.65. The first kappa shape index (κ1) is 12.3. The van der Waals surface area contributed by atoms with E-state index >= 15 is 0 Å². The number of ether oxygens (including phenoxy) is 1. The monoisotopic (exact) mass is 206 g/mol. The van der Waals surface area contributed by atoms with Gasteiger partial charge in [0.2, 0.25) is 0 Å². The highest BCUT2D eigenvalue weighted by Gasteiger charge is 2.23. The van der Waals surface area contributed by atoms with Crippen molar-refractivity contribution >= 4 is 0 Å². The molecule has 0 aliphatic heterocycles. The van der Waals surface area contributed by atoms with E-state index in [9.17, 15) is 0 Å². The topological polar surface area (TPSA) is 9.23 Å². The average molecular weight is 206 g/mol. The Balaban J connectivity index is 2.68. The first-order chi connectivity index (χ1) is 6.81. The quantitative estimate of drug-likeness (QED) is 0.731. The maximum atomic E-state index is 5.85. The fraction of sp³-hybridized carbons (Fsp3) is 0.571. The minimum absolute atomic E-state index is 0.0634. The summed E-state index contributed by atoms with van der Waals surface area (Å²) in [6.07, 6.45) is 0. The zero-order valence-corrected chi connectivity index (χ0v) is 10.5. The Morgan fingerprint density at radius 2 is 1.47 bits per heavy atom. The van der Waals surface area contributed by atoms with Gasteiger partial charge in [-0.2, -0.15) is 0 Å². The van der Waals surface area contributed by atoms with Crippen LogP contribution in [0.4, 0.5) is 0 Å². The highest BCUT2D eigenvalue weighted by Crippen LogP contribution is 2.25. The fourth-order valence-corrected chi connectivity index (χ4v) is 1.37. The Morgan fingerprint density at radius 3 is 1.93 bits per heavy atom. The van der Waals surface area contributed by atoms with Gasteiger partial charge < -0.3 is 4.74 Å². The van der Waals surface area contributed by atoms with Gasteiger partial charge in [-0.05, 0) is 26.3 Å². The maximum Gasteiger partial charge on any atom is 0.0598 e. The molecule has 0 amide bonds. The SMILES string of the molecule is CC(C)(C)OCC(C)(C)c1ccccc1. The zero-order chi connectivity index (χ0) is 11.5. The highest BCUT2D eigenvalue weighted by molar-refractivity contribution is 5.23. The summed E-state index contributed by atoms with van der Waals surface area (Å²) >= 11 is 0. The van der Waals surface area contributed by atoms with Crippen molar-refractivity contribution in [1.82, 2.24) is 0 Å². The molecule has 0 N–H and O–H groups in total. The van der Waals surface area contributed by atoms with E-state index in [2.05, 4.69) is 58.9 Å². The summed E-state index contributed by atoms with van der Waals surface area (Å²) in [6.45, 7) is 11.5. The largest absolute Gasteiger partial charge is 0.375 e. The first-order valence-corrected chi connectivity index (χ1v) is 5.51. The normalized spacial score (nSPS) is 12.9. The highest BCUT2D eigenvalue weighted by atomic mass is 16.5. The summed E-state index contributed by atoms with van der Waals surface area (Å²) < 4.78 is 5.85. The van der Waals surface area contributed by atoms with E-state index in [1.54, 1.807) is 0 Å². The molecule has 0 aromatic heterocycles. The minimum atomic E-state index is -0.0634. The Hall–Kier alpha value is -0.820.